The van der Waals surface area contributed by atoms with Crippen LogP contribution in [0.3, 0.4) is 0 Å². The van der Waals surface area contributed by atoms with E-state index in [0.29, 0.717) is 0 Å². The highest BCUT2D eigenvalue weighted by Gasteiger charge is 2.49. The summed E-state index contributed by atoms with van der Waals surface area (Å²) in [4.78, 5) is 23.0. The van der Waals surface area contributed by atoms with Gasteiger partial charge in [-0.2, -0.15) is 0 Å². The van der Waals surface area contributed by atoms with Crippen molar-refractivity contribution in [2.45, 2.75) is 24.3 Å². The SMILES string of the molecule is CC(=O)C1=C(O)C(Br)=CC(O)C1(Br)C(C)=O. The Kier molecular flexibility index (Phi) is 3.76. The van der Waals surface area contributed by atoms with Gasteiger partial charge in [-0.25, -0.2) is 0 Å². The highest BCUT2D eigenvalue weighted by molar-refractivity contribution is 9.12. The predicted molar refractivity (Wildman–Crippen MR) is 65.7 cm³/mol. The molecule has 0 heterocycles. The molecule has 0 saturated heterocycles. The molecular formula is C10H10Br2O4. The predicted octanol–water partition coefficient (Wildman–Crippen LogP) is 1.76. The van der Waals surface area contributed by atoms with E-state index in [4.69, 9.17) is 0 Å². The average Bonchev–Trinajstić information content (AvgIpc) is 2.14. The zero-order chi connectivity index (χ0) is 12.7. The van der Waals surface area contributed by atoms with Gasteiger partial charge in [-0.1, -0.05) is 15.9 Å². The summed E-state index contributed by atoms with van der Waals surface area (Å²) in [5.41, 5.74) is -0.137. The van der Waals surface area contributed by atoms with Crippen LogP contribution in [0.4, 0.5) is 0 Å². The molecule has 1 rings (SSSR count). The normalized spacial score (nSPS) is 30.1. The first-order valence-corrected chi connectivity index (χ1v) is 6.01. The molecule has 2 N–H and O–H groups in total. The van der Waals surface area contributed by atoms with E-state index in [2.05, 4.69) is 31.9 Å². The zero-order valence-electron chi connectivity index (χ0n) is 8.62. The van der Waals surface area contributed by atoms with Crippen LogP contribution in [0.5, 0.6) is 0 Å². The zero-order valence-corrected chi connectivity index (χ0v) is 11.8. The summed E-state index contributed by atoms with van der Waals surface area (Å²) in [6.07, 6.45) is 0.0481. The van der Waals surface area contributed by atoms with Crippen LogP contribution >= 0.6 is 31.9 Å². The monoisotopic (exact) mass is 352 g/mol. The third kappa shape index (κ3) is 1.89. The summed E-state index contributed by atoms with van der Waals surface area (Å²) in [5, 5.41) is 19.6. The maximum atomic E-state index is 11.5. The number of hydrogen-bond acceptors (Lipinski definition) is 4. The van der Waals surface area contributed by atoms with E-state index in [-0.39, 0.29) is 15.8 Å². The molecule has 88 valence electrons. The lowest BCUT2D eigenvalue weighted by Crippen LogP contribution is -2.48. The van der Waals surface area contributed by atoms with Gasteiger partial charge < -0.3 is 10.2 Å². The summed E-state index contributed by atoms with van der Waals surface area (Å²) >= 11 is 6.07. The molecule has 2 unspecified atom stereocenters. The average molecular weight is 354 g/mol. The number of halogens is 2. The minimum Gasteiger partial charge on any atom is -0.506 e. The van der Waals surface area contributed by atoms with Gasteiger partial charge in [0.25, 0.3) is 0 Å². The maximum absolute atomic E-state index is 11.5. The second-order valence-electron chi connectivity index (χ2n) is 3.51. The number of hydrogen-bond donors (Lipinski definition) is 2. The van der Waals surface area contributed by atoms with Crippen LogP contribution in [0.1, 0.15) is 13.8 Å². The lowest BCUT2D eigenvalue weighted by molar-refractivity contribution is -0.122. The molecule has 0 amide bonds. The van der Waals surface area contributed by atoms with E-state index in [0.717, 1.165) is 0 Å². The van der Waals surface area contributed by atoms with Gasteiger partial charge in [0.15, 0.2) is 11.6 Å². The van der Waals surface area contributed by atoms with Crippen molar-refractivity contribution in [2.24, 2.45) is 0 Å². The van der Waals surface area contributed by atoms with E-state index in [1.54, 1.807) is 0 Å². The molecule has 1 aliphatic rings. The van der Waals surface area contributed by atoms with Crippen molar-refractivity contribution in [1.82, 2.24) is 0 Å². The minimum absolute atomic E-state index is 0.137. The van der Waals surface area contributed by atoms with Gasteiger partial charge >= 0.3 is 0 Å². The molecule has 1 aliphatic carbocycles. The number of aliphatic hydroxyl groups is 2. The standard InChI is InChI=1S/C10H10Br2O4/c1-4(13)8-9(16)6(11)3-7(15)10(8,12)5(2)14/h3,7,15-16H,1-2H3. The Bertz CT molecular complexity index is 425. The number of aliphatic hydroxyl groups excluding tert-OH is 2. The Labute approximate surface area is 109 Å². The van der Waals surface area contributed by atoms with Crippen molar-refractivity contribution in [2.75, 3.05) is 0 Å². The van der Waals surface area contributed by atoms with E-state index in [9.17, 15) is 19.8 Å². The fraction of sp³-hybridized carbons (Fsp3) is 0.400. The number of alkyl halides is 1. The molecule has 0 aromatic rings. The number of carbonyl (C=O) groups excluding carboxylic acids is 2. The Morgan fingerprint density at radius 2 is 1.94 bits per heavy atom. The van der Waals surface area contributed by atoms with Crippen LogP contribution in [0.25, 0.3) is 0 Å². The molecule has 0 aliphatic heterocycles. The Balaban J connectivity index is 3.52. The molecule has 2 atom stereocenters. The fourth-order valence-electron chi connectivity index (χ4n) is 1.58. The van der Waals surface area contributed by atoms with Crippen LogP contribution in [0.2, 0.25) is 0 Å². The molecule has 0 spiro atoms. The molecule has 0 bridgehead atoms. The Morgan fingerprint density at radius 3 is 2.31 bits per heavy atom. The topological polar surface area (TPSA) is 74.6 Å². The van der Waals surface area contributed by atoms with Gasteiger partial charge in [-0.05, 0) is 35.9 Å². The number of rotatable bonds is 2. The number of Topliss-reactive ketones (excluding diaryl/α,β-unsaturated/α-hetero) is 2. The molecule has 0 aromatic carbocycles. The fourth-order valence-corrected chi connectivity index (χ4v) is 2.63. The third-order valence-corrected chi connectivity index (χ3v) is 4.47. The van der Waals surface area contributed by atoms with E-state index >= 15 is 0 Å². The summed E-state index contributed by atoms with van der Waals surface area (Å²) in [5.74, 6) is -1.26. The summed E-state index contributed by atoms with van der Waals surface area (Å²) < 4.78 is -1.37. The van der Waals surface area contributed by atoms with Crippen LogP contribution in [0, 0.1) is 0 Å². The van der Waals surface area contributed by atoms with Crippen LogP contribution in [-0.4, -0.2) is 32.2 Å². The van der Waals surface area contributed by atoms with Crippen LogP contribution in [-0.2, 0) is 9.59 Å². The second-order valence-corrected chi connectivity index (χ2v) is 5.61. The minimum atomic E-state index is -1.57. The first-order chi connectivity index (χ1) is 7.22. The molecule has 16 heavy (non-hydrogen) atoms. The largest absolute Gasteiger partial charge is 0.506 e. The first-order valence-electron chi connectivity index (χ1n) is 4.43. The van der Waals surface area contributed by atoms with Crippen molar-refractivity contribution >= 4 is 43.4 Å². The molecule has 0 saturated carbocycles. The highest BCUT2D eigenvalue weighted by Crippen LogP contribution is 2.41. The first kappa shape index (κ1) is 13.6. The van der Waals surface area contributed by atoms with E-state index < -0.39 is 22.0 Å². The summed E-state index contributed by atoms with van der Waals surface area (Å²) in [6.45, 7) is 2.46. The van der Waals surface area contributed by atoms with Crippen molar-refractivity contribution in [1.29, 1.82) is 0 Å². The van der Waals surface area contributed by atoms with Crippen molar-refractivity contribution in [3.8, 4) is 0 Å². The molecule has 4 nitrogen and oxygen atoms in total. The molecule has 0 fully saturated rings. The smallest absolute Gasteiger partial charge is 0.161 e. The van der Waals surface area contributed by atoms with E-state index in [1.165, 1.54) is 19.9 Å². The number of carbonyl (C=O) groups is 2. The van der Waals surface area contributed by atoms with Crippen molar-refractivity contribution in [3.05, 3.63) is 21.9 Å². The lowest BCUT2D eigenvalue weighted by atomic mass is 9.83. The number of allylic oxidation sites excluding steroid dienone is 1. The third-order valence-electron chi connectivity index (χ3n) is 2.40. The van der Waals surface area contributed by atoms with Crippen molar-refractivity contribution < 1.29 is 19.8 Å². The number of ketones is 2. The lowest BCUT2D eigenvalue weighted by Gasteiger charge is -2.33. The van der Waals surface area contributed by atoms with Gasteiger partial charge in [0.2, 0.25) is 0 Å². The molecule has 0 aromatic heterocycles. The Hall–Kier alpha value is -0.460. The molecular weight excluding hydrogens is 344 g/mol. The van der Waals surface area contributed by atoms with Crippen LogP contribution in [0.15, 0.2) is 21.9 Å². The van der Waals surface area contributed by atoms with Gasteiger partial charge in [0.1, 0.15) is 16.2 Å². The molecule has 6 heteroatoms. The second kappa shape index (κ2) is 4.43. The van der Waals surface area contributed by atoms with E-state index in [1.807, 2.05) is 0 Å². The van der Waals surface area contributed by atoms with Crippen molar-refractivity contribution in [3.63, 3.8) is 0 Å². The van der Waals surface area contributed by atoms with Gasteiger partial charge in [-0.3, -0.25) is 9.59 Å². The molecule has 0 radical (unpaired) electrons. The van der Waals surface area contributed by atoms with Gasteiger partial charge in [0.05, 0.1) is 10.1 Å². The summed E-state index contributed by atoms with van der Waals surface area (Å²) in [6, 6.07) is 0. The maximum Gasteiger partial charge on any atom is 0.161 e. The van der Waals surface area contributed by atoms with Crippen LogP contribution < -0.4 is 0 Å². The quantitative estimate of drug-likeness (QED) is 0.742. The van der Waals surface area contributed by atoms with Gasteiger partial charge in [-0.15, -0.1) is 0 Å². The van der Waals surface area contributed by atoms with Gasteiger partial charge in [0, 0.05) is 0 Å². The Morgan fingerprint density at radius 1 is 1.44 bits per heavy atom. The highest BCUT2D eigenvalue weighted by atomic mass is 79.9. The summed E-state index contributed by atoms with van der Waals surface area (Å²) in [7, 11) is 0.